The molecule has 0 aromatic rings. The number of ether oxygens (including phenoxy) is 3. The molecule has 0 spiro atoms. The molecule has 0 N–H and O–H groups in total. The van der Waals surface area contributed by atoms with Gasteiger partial charge in [0.25, 0.3) is 0 Å². The Morgan fingerprint density at radius 3 is 0.704 bits per heavy atom. The van der Waals surface area contributed by atoms with Crippen LogP contribution in [0.3, 0.4) is 0 Å². The van der Waals surface area contributed by atoms with Crippen LogP contribution in [0.4, 0.5) is 0 Å². The predicted octanol–water partition coefficient (Wildman–Crippen LogP) is 24.9. The summed E-state index contributed by atoms with van der Waals surface area (Å²) >= 11 is 0. The molecule has 0 bridgehead atoms. The summed E-state index contributed by atoms with van der Waals surface area (Å²) in [5.41, 5.74) is 0. The van der Waals surface area contributed by atoms with Gasteiger partial charge in [-0.3, -0.25) is 14.4 Å². The molecule has 0 radical (unpaired) electrons. The van der Waals surface area contributed by atoms with E-state index in [1.54, 1.807) is 0 Å². The van der Waals surface area contributed by atoms with Gasteiger partial charge in [0.1, 0.15) is 13.2 Å². The molecule has 6 nitrogen and oxygen atoms in total. The summed E-state index contributed by atoms with van der Waals surface area (Å²) < 4.78 is 16.9. The molecule has 0 saturated carbocycles. The Morgan fingerprint density at radius 1 is 0.247 bits per heavy atom. The van der Waals surface area contributed by atoms with E-state index in [0.717, 1.165) is 77.0 Å². The lowest BCUT2D eigenvalue weighted by Gasteiger charge is -2.18. The summed E-state index contributed by atoms with van der Waals surface area (Å²) in [5, 5.41) is 0. The van der Waals surface area contributed by atoms with E-state index < -0.39 is 6.10 Å². The predicted molar refractivity (Wildman–Crippen MR) is 353 cm³/mol. The first-order chi connectivity index (χ1) is 40.0. The minimum atomic E-state index is -0.779. The van der Waals surface area contributed by atoms with Crippen molar-refractivity contribution in [1.29, 1.82) is 0 Å². The molecule has 0 aliphatic heterocycles. The molecule has 0 saturated heterocycles. The number of unbranched alkanes of at least 4 members (excludes halogenated alkanes) is 48. The molecule has 0 heterocycles. The van der Waals surface area contributed by atoms with E-state index in [4.69, 9.17) is 14.2 Å². The first kappa shape index (κ1) is 78.4. The van der Waals surface area contributed by atoms with Gasteiger partial charge in [-0.1, -0.05) is 320 Å². The normalized spacial score (nSPS) is 12.3. The fourth-order valence-electron chi connectivity index (χ4n) is 10.8. The molecule has 6 heteroatoms. The molecule has 0 aliphatic carbocycles. The fraction of sp³-hybridized carbons (Fsp3) is 0.853. The van der Waals surface area contributed by atoms with Crippen molar-refractivity contribution in [3.63, 3.8) is 0 Å². The summed E-state index contributed by atoms with van der Waals surface area (Å²) in [5.74, 6) is -0.869. The molecular weight excluding hydrogens is 997 g/mol. The highest BCUT2D eigenvalue weighted by Crippen LogP contribution is 2.18. The van der Waals surface area contributed by atoms with Gasteiger partial charge in [-0.25, -0.2) is 0 Å². The molecule has 0 aromatic heterocycles. The van der Waals surface area contributed by atoms with Crippen LogP contribution in [-0.2, 0) is 28.6 Å². The second kappa shape index (κ2) is 69.9. The molecular formula is C75H138O6. The van der Waals surface area contributed by atoms with Gasteiger partial charge >= 0.3 is 17.9 Å². The average Bonchev–Trinajstić information content (AvgIpc) is 3.46. The number of hydrogen-bond acceptors (Lipinski definition) is 6. The van der Waals surface area contributed by atoms with Crippen LogP contribution in [0.2, 0.25) is 0 Å². The molecule has 0 rings (SSSR count). The van der Waals surface area contributed by atoms with Gasteiger partial charge in [0, 0.05) is 19.3 Å². The summed E-state index contributed by atoms with van der Waals surface area (Å²) in [6.07, 6.45) is 88.8. The molecule has 0 aromatic carbocycles. The van der Waals surface area contributed by atoms with Gasteiger partial charge in [-0.05, 0) is 103 Å². The lowest BCUT2D eigenvalue weighted by Crippen LogP contribution is -2.30. The highest BCUT2D eigenvalue weighted by molar-refractivity contribution is 5.71. The smallest absolute Gasteiger partial charge is 0.306 e. The van der Waals surface area contributed by atoms with E-state index >= 15 is 0 Å². The highest BCUT2D eigenvalue weighted by Gasteiger charge is 2.19. The standard InChI is InChI=1S/C75H138O6/c1-4-7-10-13-16-19-22-25-27-28-29-30-31-32-33-34-35-36-37-38-39-40-41-42-43-44-45-46-48-50-53-56-59-62-65-68-74(77)80-71-72(70-79-73(76)67-64-61-58-55-52-49-24-21-18-15-12-9-6-3)81-75(78)69-66-63-60-57-54-51-47-26-23-20-17-14-11-8-5-2/h21-22,24-26,28-29,47,72H,4-20,23,27,30-46,48-71H2,1-3H3/b24-21-,25-22-,29-28-,47-26-. The monoisotopic (exact) mass is 1140 g/mol. The summed E-state index contributed by atoms with van der Waals surface area (Å²) in [4.78, 5) is 38.3. The van der Waals surface area contributed by atoms with Gasteiger partial charge in [0.2, 0.25) is 0 Å². The molecule has 474 valence electrons. The van der Waals surface area contributed by atoms with Crippen LogP contribution in [0.1, 0.15) is 393 Å². The van der Waals surface area contributed by atoms with E-state index in [0.29, 0.717) is 19.3 Å². The molecule has 0 aliphatic rings. The van der Waals surface area contributed by atoms with Crippen LogP contribution in [0.5, 0.6) is 0 Å². The Bertz CT molecular complexity index is 1400. The van der Waals surface area contributed by atoms with Gasteiger partial charge in [0.05, 0.1) is 0 Å². The van der Waals surface area contributed by atoms with Crippen molar-refractivity contribution in [3.05, 3.63) is 48.6 Å². The van der Waals surface area contributed by atoms with Gasteiger partial charge in [-0.2, -0.15) is 0 Å². The first-order valence-corrected chi connectivity index (χ1v) is 36.1. The zero-order chi connectivity index (χ0) is 58.5. The molecule has 1 unspecified atom stereocenters. The van der Waals surface area contributed by atoms with Crippen LogP contribution in [0, 0.1) is 0 Å². The average molecular weight is 1140 g/mol. The van der Waals surface area contributed by atoms with E-state index in [-0.39, 0.29) is 31.1 Å². The zero-order valence-electron chi connectivity index (χ0n) is 54.6. The SMILES string of the molecule is CCCCCC/C=C\CCCCCCCC(=O)OCC(COC(=O)CCCCCCCCCCCCCCCCCCCCCCCCC/C=C\C/C=C\CCCCCCC)OC(=O)CCCCCCC/C=C\CCCCCCCC. The van der Waals surface area contributed by atoms with E-state index in [2.05, 4.69) is 69.4 Å². The summed E-state index contributed by atoms with van der Waals surface area (Å²) in [7, 11) is 0. The van der Waals surface area contributed by atoms with Crippen LogP contribution >= 0.6 is 0 Å². The minimum absolute atomic E-state index is 0.0744. The van der Waals surface area contributed by atoms with Crippen molar-refractivity contribution in [3.8, 4) is 0 Å². The zero-order valence-corrected chi connectivity index (χ0v) is 54.6. The summed E-state index contributed by atoms with van der Waals surface area (Å²) in [6, 6.07) is 0. The van der Waals surface area contributed by atoms with Gasteiger partial charge in [-0.15, -0.1) is 0 Å². The van der Waals surface area contributed by atoms with Crippen LogP contribution in [-0.4, -0.2) is 37.2 Å². The number of carbonyl (C=O) groups excluding carboxylic acids is 3. The van der Waals surface area contributed by atoms with Crippen molar-refractivity contribution in [2.75, 3.05) is 13.2 Å². The van der Waals surface area contributed by atoms with Crippen LogP contribution < -0.4 is 0 Å². The maximum Gasteiger partial charge on any atom is 0.306 e. The van der Waals surface area contributed by atoms with Crippen LogP contribution in [0.15, 0.2) is 48.6 Å². The number of rotatable bonds is 67. The Morgan fingerprint density at radius 2 is 0.444 bits per heavy atom. The number of esters is 3. The maximum absolute atomic E-state index is 12.9. The maximum atomic E-state index is 12.9. The highest BCUT2D eigenvalue weighted by atomic mass is 16.6. The second-order valence-electron chi connectivity index (χ2n) is 24.5. The first-order valence-electron chi connectivity index (χ1n) is 36.1. The summed E-state index contributed by atoms with van der Waals surface area (Å²) in [6.45, 7) is 6.65. The number of carbonyl (C=O) groups is 3. The molecule has 1 atom stereocenters. The van der Waals surface area contributed by atoms with Crippen molar-refractivity contribution in [1.82, 2.24) is 0 Å². The Kier molecular flexibility index (Phi) is 67.6. The van der Waals surface area contributed by atoms with E-state index in [1.807, 2.05) is 0 Å². The lowest BCUT2D eigenvalue weighted by atomic mass is 10.0. The quantitative estimate of drug-likeness (QED) is 0.0261. The second-order valence-corrected chi connectivity index (χ2v) is 24.5. The largest absolute Gasteiger partial charge is 0.462 e. The minimum Gasteiger partial charge on any atom is -0.462 e. The lowest BCUT2D eigenvalue weighted by molar-refractivity contribution is -0.167. The Labute approximate surface area is 505 Å². The van der Waals surface area contributed by atoms with Gasteiger partial charge in [0.15, 0.2) is 6.10 Å². The van der Waals surface area contributed by atoms with Crippen molar-refractivity contribution in [2.24, 2.45) is 0 Å². The van der Waals surface area contributed by atoms with E-state index in [9.17, 15) is 14.4 Å². The third-order valence-electron chi connectivity index (χ3n) is 16.3. The fourth-order valence-corrected chi connectivity index (χ4v) is 10.8. The Balaban J connectivity index is 4.06. The molecule has 81 heavy (non-hydrogen) atoms. The number of hydrogen-bond donors (Lipinski definition) is 0. The van der Waals surface area contributed by atoms with E-state index in [1.165, 1.54) is 276 Å². The molecule has 0 fully saturated rings. The van der Waals surface area contributed by atoms with Crippen molar-refractivity contribution in [2.45, 2.75) is 399 Å². The third-order valence-corrected chi connectivity index (χ3v) is 16.3. The Hall–Kier alpha value is -2.63. The van der Waals surface area contributed by atoms with Crippen molar-refractivity contribution < 1.29 is 28.6 Å². The van der Waals surface area contributed by atoms with Crippen molar-refractivity contribution >= 4 is 17.9 Å². The molecule has 0 amide bonds. The number of allylic oxidation sites excluding steroid dienone is 8. The van der Waals surface area contributed by atoms with Gasteiger partial charge < -0.3 is 14.2 Å². The third kappa shape index (κ3) is 68.0. The topological polar surface area (TPSA) is 78.9 Å². The van der Waals surface area contributed by atoms with Crippen LogP contribution in [0.25, 0.3) is 0 Å².